The third-order valence-corrected chi connectivity index (χ3v) is 3.35. The number of carbonyl (C=O) groups is 2. The first kappa shape index (κ1) is 16.3. The van der Waals surface area contributed by atoms with Gasteiger partial charge in [0.1, 0.15) is 18.4 Å². The number of nitrogens with one attached hydrogen (secondary N) is 2. The summed E-state index contributed by atoms with van der Waals surface area (Å²) in [6, 6.07) is 6.81. The van der Waals surface area contributed by atoms with E-state index in [2.05, 4.69) is 10.6 Å². The molecule has 1 heterocycles. The predicted molar refractivity (Wildman–Crippen MR) is 79.5 cm³/mol. The Balaban J connectivity index is 1.86. The standard InChI is InChI=1S/C15H20N2O5/c1-20-14(21-2)9-22-11-5-3-10(4-6-11)16-12-7-8-13(18)17-15(12)19/h3-6,12,14,16H,7-9H2,1-2H3,(H,17,18,19)/t12-/m0/s1. The van der Waals surface area contributed by atoms with E-state index in [0.29, 0.717) is 18.6 Å². The summed E-state index contributed by atoms with van der Waals surface area (Å²) in [5, 5.41) is 5.41. The highest BCUT2D eigenvalue weighted by molar-refractivity contribution is 6.01. The molecule has 1 saturated heterocycles. The van der Waals surface area contributed by atoms with Crippen LogP contribution in [0.25, 0.3) is 0 Å². The third kappa shape index (κ3) is 4.44. The van der Waals surface area contributed by atoms with Crippen LogP contribution in [0.1, 0.15) is 12.8 Å². The number of hydrogen-bond donors (Lipinski definition) is 2. The number of imide groups is 1. The summed E-state index contributed by atoms with van der Waals surface area (Å²) in [7, 11) is 3.09. The summed E-state index contributed by atoms with van der Waals surface area (Å²) in [6.45, 7) is 0.285. The van der Waals surface area contributed by atoms with Crippen molar-refractivity contribution in [2.24, 2.45) is 0 Å². The molecule has 1 aromatic carbocycles. The first-order chi connectivity index (χ1) is 10.6. The van der Waals surface area contributed by atoms with Crippen LogP contribution >= 0.6 is 0 Å². The highest BCUT2D eigenvalue weighted by Crippen LogP contribution is 2.18. The second kappa shape index (κ2) is 7.77. The van der Waals surface area contributed by atoms with Crippen LogP contribution in [-0.2, 0) is 19.1 Å². The van der Waals surface area contributed by atoms with E-state index in [-0.39, 0.29) is 18.4 Å². The Morgan fingerprint density at radius 2 is 1.91 bits per heavy atom. The molecule has 0 saturated carbocycles. The number of carbonyl (C=O) groups excluding carboxylic acids is 2. The van der Waals surface area contributed by atoms with Crippen molar-refractivity contribution in [1.82, 2.24) is 5.32 Å². The molecule has 0 unspecified atom stereocenters. The zero-order valence-electron chi connectivity index (χ0n) is 12.6. The van der Waals surface area contributed by atoms with Gasteiger partial charge in [0.25, 0.3) is 0 Å². The molecule has 0 aromatic heterocycles. The molecule has 7 heteroatoms. The van der Waals surface area contributed by atoms with Gasteiger partial charge >= 0.3 is 0 Å². The van der Waals surface area contributed by atoms with Crippen LogP contribution in [0, 0.1) is 0 Å². The van der Waals surface area contributed by atoms with E-state index in [1.54, 1.807) is 26.4 Å². The van der Waals surface area contributed by atoms with Crippen molar-refractivity contribution in [1.29, 1.82) is 0 Å². The molecule has 22 heavy (non-hydrogen) atoms. The van der Waals surface area contributed by atoms with Gasteiger partial charge in [-0.15, -0.1) is 0 Å². The molecule has 1 aromatic rings. The van der Waals surface area contributed by atoms with Gasteiger partial charge < -0.3 is 19.5 Å². The van der Waals surface area contributed by atoms with Crippen LogP contribution in [0.15, 0.2) is 24.3 Å². The van der Waals surface area contributed by atoms with E-state index >= 15 is 0 Å². The van der Waals surface area contributed by atoms with Gasteiger partial charge in [0.2, 0.25) is 11.8 Å². The fraction of sp³-hybridized carbons (Fsp3) is 0.467. The topological polar surface area (TPSA) is 85.9 Å². The summed E-state index contributed by atoms with van der Waals surface area (Å²) in [4.78, 5) is 22.8. The molecule has 1 atom stereocenters. The lowest BCUT2D eigenvalue weighted by molar-refractivity contribution is -0.133. The Hall–Kier alpha value is -2.12. The highest BCUT2D eigenvalue weighted by Gasteiger charge is 2.26. The van der Waals surface area contributed by atoms with Crippen LogP contribution in [-0.4, -0.2) is 45.0 Å². The van der Waals surface area contributed by atoms with E-state index in [4.69, 9.17) is 14.2 Å². The maximum Gasteiger partial charge on any atom is 0.249 e. The van der Waals surface area contributed by atoms with Crippen molar-refractivity contribution in [3.8, 4) is 5.75 Å². The number of amides is 2. The fourth-order valence-corrected chi connectivity index (χ4v) is 2.08. The molecule has 1 aliphatic heterocycles. The van der Waals surface area contributed by atoms with Crippen LogP contribution in [0.4, 0.5) is 5.69 Å². The van der Waals surface area contributed by atoms with Crippen molar-refractivity contribution >= 4 is 17.5 Å². The van der Waals surface area contributed by atoms with Gasteiger partial charge in [-0.25, -0.2) is 0 Å². The Kier molecular flexibility index (Phi) is 5.74. The molecule has 2 rings (SSSR count). The second-order valence-electron chi connectivity index (χ2n) is 4.88. The van der Waals surface area contributed by atoms with Gasteiger partial charge in [-0.1, -0.05) is 0 Å². The van der Waals surface area contributed by atoms with Gasteiger partial charge in [0.15, 0.2) is 6.29 Å². The minimum atomic E-state index is -0.415. The fourth-order valence-electron chi connectivity index (χ4n) is 2.08. The minimum Gasteiger partial charge on any atom is -0.488 e. The van der Waals surface area contributed by atoms with Crippen molar-refractivity contribution < 1.29 is 23.8 Å². The summed E-state index contributed by atoms with van der Waals surface area (Å²) < 4.78 is 15.6. The lowest BCUT2D eigenvalue weighted by atomic mass is 10.1. The first-order valence-corrected chi connectivity index (χ1v) is 7.01. The molecule has 120 valence electrons. The summed E-state index contributed by atoms with van der Waals surface area (Å²) in [6.07, 6.45) is 0.424. The number of methoxy groups -OCH3 is 2. The molecule has 0 spiro atoms. The van der Waals surface area contributed by atoms with Gasteiger partial charge in [0, 0.05) is 26.3 Å². The van der Waals surface area contributed by atoms with E-state index in [1.807, 2.05) is 12.1 Å². The van der Waals surface area contributed by atoms with E-state index in [0.717, 1.165) is 5.69 Å². The van der Waals surface area contributed by atoms with Crippen LogP contribution < -0.4 is 15.4 Å². The monoisotopic (exact) mass is 308 g/mol. The van der Waals surface area contributed by atoms with Gasteiger partial charge in [-0.05, 0) is 30.7 Å². The number of piperidine rings is 1. The zero-order chi connectivity index (χ0) is 15.9. The maximum atomic E-state index is 11.7. The van der Waals surface area contributed by atoms with E-state index in [9.17, 15) is 9.59 Å². The average Bonchev–Trinajstić information content (AvgIpc) is 2.52. The number of hydrogen-bond acceptors (Lipinski definition) is 6. The van der Waals surface area contributed by atoms with Crippen molar-refractivity contribution in [3.05, 3.63) is 24.3 Å². The van der Waals surface area contributed by atoms with Crippen molar-refractivity contribution in [3.63, 3.8) is 0 Å². The molecule has 7 nitrogen and oxygen atoms in total. The largest absolute Gasteiger partial charge is 0.488 e. The normalized spacial score (nSPS) is 18.2. The van der Waals surface area contributed by atoms with Crippen LogP contribution in [0.2, 0.25) is 0 Å². The zero-order valence-corrected chi connectivity index (χ0v) is 12.6. The molecule has 0 radical (unpaired) electrons. The molecular formula is C15H20N2O5. The van der Waals surface area contributed by atoms with Gasteiger partial charge in [-0.2, -0.15) is 0 Å². The molecule has 1 fully saturated rings. The predicted octanol–water partition coefficient (Wildman–Crippen LogP) is 0.901. The number of rotatable bonds is 7. The lowest BCUT2D eigenvalue weighted by Gasteiger charge is -2.22. The second-order valence-corrected chi connectivity index (χ2v) is 4.88. The smallest absolute Gasteiger partial charge is 0.249 e. The minimum absolute atomic E-state index is 0.224. The number of anilines is 1. The molecule has 2 N–H and O–H groups in total. The molecule has 0 aliphatic carbocycles. The summed E-state index contributed by atoms with van der Waals surface area (Å²) >= 11 is 0. The maximum absolute atomic E-state index is 11.7. The van der Waals surface area contributed by atoms with Crippen molar-refractivity contribution in [2.45, 2.75) is 25.2 Å². The Bertz CT molecular complexity index is 513. The Morgan fingerprint density at radius 3 is 2.50 bits per heavy atom. The third-order valence-electron chi connectivity index (χ3n) is 3.35. The summed E-state index contributed by atoms with van der Waals surface area (Å²) in [5.41, 5.74) is 0.789. The molecular weight excluding hydrogens is 288 g/mol. The van der Waals surface area contributed by atoms with E-state index < -0.39 is 12.3 Å². The average molecular weight is 308 g/mol. The Morgan fingerprint density at radius 1 is 1.23 bits per heavy atom. The molecule has 1 aliphatic rings. The highest BCUT2D eigenvalue weighted by atomic mass is 16.7. The number of benzene rings is 1. The SMILES string of the molecule is COC(COc1ccc(N[C@H]2CCC(=O)NC2=O)cc1)OC. The summed E-state index contributed by atoms with van der Waals surface area (Å²) in [5.74, 6) is 0.158. The first-order valence-electron chi connectivity index (χ1n) is 7.01. The number of ether oxygens (including phenoxy) is 3. The lowest BCUT2D eigenvalue weighted by Crippen LogP contribution is -2.47. The molecule has 0 bridgehead atoms. The Labute approximate surface area is 128 Å². The van der Waals surface area contributed by atoms with Gasteiger partial charge in [0.05, 0.1) is 0 Å². The molecule has 2 amide bonds. The van der Waals surface area contributed by atoms with E-state index in [1.165, 1.54) is 0 Å². The van der Waals surface area contributed by atoms with Crippen molar-refractivity contribution in [2.75, 3.05) is 26.1 Å². The van der Waals surface area contributed by atoms with Gasteiger partial charge in [-0.3, -0.25) is 14.9 Å². The van der Waals surface area contributed by atoms with Crippen LogP contribution in [0.3, 0.4) is 0 Å². The van der Waals surface area contributed by atoms with Crippen LogP contribution in [0.5, 0.6) is 5.75 Å². The quantitative estimate of drug-likeness (QED) is 0.575.